The lowest BCUT2D eigenvalue weighted by molar-refractivity contribution is -0.194. The zero-order valence-corrected chi connectivity index (χ0v) is 24.8. The van der Waals surface area contributed by atoms with Gasteiger partial charge in [-0.3, -0.25) is 14.5 Å². The normalized spacial score (nSPS) is 23.5. The molecular formula is C30H41F3N6O2S. The molecule has 2 aromatic rings. The number of alkyl halides is 3. The summed E-state index contributed by atoms with van der Waals surface area (Å²) in [6.45, 7) is 2.15. The first kappa shape index (κ1) is 30.7. The molecule has 2 saturated heterocycles. The predicted molar refractivity (Wildman–Crippen MR) is 159 cm³/mol. The summed E-state index contributed by atoms with van der Waals surface area (Å²) in [5.41, 5.74) is 1.57. The lowest BCUT2D eigenvalue weighted by Gasteiger charge is -2.42. The minimum absolute atomic E-state index is 0.0475. The van der Waals surface area contributed by atoms with E-state index in [-0.39, 0.29) is 36.2 Å². The van der Waals surface area contributed by atoms with Crippen LogP contribution in [0.3, 0.4) is 0 Å². The van der Waals surface area contributed by atoms with Crippen LogP contribution < -0.4 is 15.5 Å². The van der Waals surface area contributed by atoms with Crippen molar-refractivity contribution in [1.82, 2.24) is 14.5 Å². The van der Waals surface area contributed by atoms with Gasteiger partial charge in [0.15, 0.2) is 5.69 Å². The number of hydrogen-bond acceptors (Lipinski definition) is 7. The minimum Gasteiger partial charge on any atom is -0.371 e. The van der Waals surface area contributed by atoms with Crippen LogP contribution in [-0.4, -0.2) is 64.7 Å². The molecule has 5 rings (SSSR count). The first-order valence-corrected chi connectivity index (χ1v) is 16.2. The Morgan fingerprint density at radius 1 is 0.905 bits per heavy atom. The van der Waals surface area contributed by atoms with E-state index in [1.54, 1.807) is 6.07 Å². The highest BCUT2D eigenvalue weighted by Crippen LogP contribution is 2.38. The molecule has 12 heteroatoms. The molecule has 230 valence electrons. The van der Waals surface area contributed by atoms with Crippen molar-refractivity contribution in [2.75, 3.05) is 41.7 Å². The second kappa shape index (κ2) is 14.2. The Kier molecular flexibility index (Phi) is 10.4. The molecule has 1 saturated carbocycles. The number of hydrogen-bond donors (Lipinski definition) is 2. The van der Waals surface area contributed by atoms with Crippen molar-refractivity contribution in [2.24, 2.45) is 11.8 Å². The van der Waals surface area contributed by atoms with E-state index < -0.39 is 29.8 Å². The number of carbonyl (C=O) groups excluding carboxylic acids is 2. The topological polar surface area (TPSA) is 90.5 Å². The fourth-order valence-electron chi connectivity index (χ4n) is 6.59. The van der Waals surface area contributed by atoms with Gasteiger partial charge in [-0.05, 0) is 50.3 Å². The molecule has 2 aliphatic heterocycles. The van der Waals surface area contributed by atoms with Crippen LogP contribution in [0.5, 0.6) is 0 Å². The van der Waals surface area contributed by atoms with Crippen LogP contribution in [0, 0.1) is 11.8 Å². The molecule has 0 bridgehead atoms. The Hall–Kier alpha value is -2.73. The van der Waals surface area contributed by atoms with Gasteiger partial charge in [-0.25, -0.2) is 0 Å². The van der Waals surface area contributed by atoms with Crippen molar-refractivity contribution in [1.29, 1.82) is 0 Å². The van der Waals surface area contributed by atoms with E-state index in [1.165, 1.54) is 19.3 Å². The second-order valence-electron chi connectivity index (χ2n) is 12.0. The number of benzene rings is 1. The first-order valence-electron chi connectivity index (χ1n) is 15.4. The third-order valence-corrected chi connectivity index (χ3v) is 9.56. The van der Waals surface area contributed by atoms with Gasteiger partial charge in [0.25, 0.3) is 5.91 Å². The lowest BCUT2D eigenvalue weighted by Crippen LogP contribution is -2.52. The smallest absolute Gasteiger partial charge is 0.371 e. The number of likely N-dealkylation sites (tertiary alicyclic amines) is 1. The molecule has 0 radical (unpaired) electrons. The van der Waals surface area contributed by atoms with Crippen LogP contribution in [0.1, 0.15) is 87.5 Å². The molecule has 2 atom stereocenters. The van der Waals surface area contributed by atoms with E-state index in [9.17, 15) is 22.8 Å². The molecule has 8 nitrogen and oxygen atoms in total. The number of halogens is 3. The summed E-state index contributed by atoms with van der Waals surface area (Å²) in [4.78, 5) is 30.7. The van der Waals surface area contributed by atoms with Crippen molar-refractivity contribution in [2.45, 2.75) is 89.3 Å². The Morgan fingerprint density at radius 3 is 2.29 bits per heavy atom. The average molecular weight is 607 g/mol. The molecule has 42 heavy (non-hydrogen) atoms. The highest BCUT2D eigenvalue weighted by molar-refractivity contribution is 7.10. The number of nitrogens with zero attached hydrogens (tertiary/aromatic N) is 4. The maximum Gasteiger partial charge on any atom is 0.393 e. The van der Waals surface area contributed by atoms with Crippen LogP contribution >= 0.6 is 11.5 Å². The van der Waals surface area contributed by atoms with Crippen LogP contribution in [0.2, 0.25) is 0 Å². The first-order chi connectivity index (χ1) is 20.3. The van der Waals surface area contributed by atoms with Crippen LogP contribution in [0.4, 0.5) is 29.5 Å². The summed E-state index contributed by atoms with van der Waals surface area (Å²) in [7, 11) is 0. The summed E-state index contributed by atoms with van der Waals surface area (Å²) in [6.07, 6.45) is 7.11. The van der Waals surface area contributed by atoms with E-state index in [2.05, 4.69) is 25.1 Å². The number of piperidine rings is 1. The van der Waals surface area contributed by atoms with Crippen molar-refractivity contribution in [3.05, 3.63) is 30.0 Å². The number of amides is 2. The van der Waals surface area contributed by atoms with Gasteiger partial charge in [-0.1, -0.05) is 55.5 Å². The summed E-state index contributed by atoms with van der Waals surface area (Å²) < 4.78 is 46.0. The third-order valence-electron chi connectivity index (χ3n) is 8.92. The second-order valence-corrected chi connectivity index (χ2v) is 12.7. The monoisotopic (exact) mass is 606 g/mol. The molecule has 0 spiro atoms. The predicted octanol–water partition coefficient (Wildman–Crippen LogP) is 6.72. The fourth-order valence-corrected chi connectivity index (χ4v) is 7.16. The maximum absolute atomic E-state index is 14.0. The number of anilines is 3. The van der Waals surface area contributed by atoms with Crippen molar-refractivity contribution in [3.8, 4) is 0 Å². The van der Waals surface area contributed by atoms with E-state index in [1.807, 2.05) is 23.1 Å². The Morgan fingerprint density at radius 2 is 1.60 bits per heavy atom. The summed E-state index contributed by atoms with van der Waals surface area (Å²) in [6, 6.07) is 7.59. The van der Waals surface area contributed by atoms with Crippen molar-refractivity contribution >= 4 is 39.7 Å². The third kappa shape index (κ3) is 8.00. The standard InChI is InChI=1S/C30H41F3N6O2S/c31-30(32,33)22-17-21(19-39(20-22)24-12-6-4-2-1-3-5-7-13-24)27(40)35-29-26(36-37-42-29)28(41)34-23-11-10-14-25(18-23)38-15-8-9-16-38/h10-11,14,18,21-22,24H,1-9,12-13,15-17,19-20H2,(H,34,41)(H,35,40). The number of rotatable bonds is 6. The molecule has 1 aromatic heterocycles. The fraction of sp³-hybridized carbons (Fsp3) is 0.667. The minimum atomic E-state index is -4.38. The van der Waals surface area contributed by atoms with Crippen LogP contribution in [0.25, 0.3) is 0 Å². The molecule has 2 amide bonds. The van der Waals surface area contributed by atoms with E-state index in [0.29, 0.717) is 5.69 Å². The van der Waals surface area contributed by atoms with Gasteiger partial charge < -0.3 is 15.5 Å². The van der Waals surface area contributed by atoms with Gasteiger partial charge in [0.2, 0.25) is 5.91 Å². The molecule has 2 unspecified atom stereocenters. The molecule has 1 aliphatic carbocycles. The van der Waals surface area contributed by atoms with Crippen LogP contribution in [0.15, 0.2) is 24.3 Å². The molecule has 3 aliphatic rings. The quantitative estimate of drug-likeness (QED) is 0.379. The zero-order valence-electron chi connectivity index (χ0n) is 24.0. The summed E-state index contributed by atoms with van der Waals surface area (Å²) >= 11 is 0.851. The Bertz CT molecular complexity index is 1190. The Balaban J connectivity index is 1.25. The number of aromatic nitrogens is 2. The molecule has 3 fully saturated rings. The van der Waals surface area contributed by atoms with E-state index in [4.69, 9.17) is 0 Å². The van der Waals surface area contributed by atoms with Gasteiger partial charge in [0.05, 0.1) is 11.8 Å². The van der Waals surface area contributed by atoms with Gasteiger partial charge >= 0.3 is 6.18 Å². The molecular weight excluding hydrogens is 565 g/mol. The van der Waals surface area contributed by atoms with Gasteiger partial charge in [0.1, 0.15) is 5.00 Å². The maximum atomic E-state index is 14.0. The average Bonchev–Trinajstić information content (AvgIpc) is 3.68. The lowest BCUT2D eigenvalue weighted by atomic mass is 9.85. The zero-order chi connectivity index (χ0) is 29.5. The van der Waals surface area contributed by atoms with Crippen molar-refractivity contribution in [3.63, 3.8) is 0 Å². The van der Waals surface area contributed by atoms with E-state index >= 15 is 0 Å². The largest absolute Gasteiger partial charge is 0.393 e. The summed E-state index contributed by atoms with van der Waals surface area (Å²) in [5.74, 6) is -3.47. The molecule has 1 aromatic carbocycles. The highest BCUT2D eigenvalue weighted by Gasteiger charge is 2.47. The number of carbonyl (C=O) groups is 2. The Labute approximate surface area is 249 Å². The van der Waals surface area contributed by atoms with Gasteiger partial charge in [-0.15, -0.1) is 5.10 Å². The number of nitrogens with one attached hydrogen (secondary N) is 2. The van der Waals surface area contributed by atoms with Gasteiger partial charge in [-0.2, -0.15) is 13.2 Å². The van der Waals surface area contributed by atoms with Crippen molar-refractivity contribution < 1.29 is 22.8 Å². The van der Waals surface area contributed by atoms with Crippen LogP contribution in [-0.2, 0) is 4.79 Å². The van der Waals surface area contributed by atoms with E-state index in [0.717, 1.165) is 81.7 Å². The molecule has 3 heterocycles. The SMILES string of the molecule is O=C(Nc1cccc(N2CCCC2)c1)c1nnsc1NC(=O)C1CC(C(F)(F)F)CN(C2CCCCCCCCC2)C1. The summed E-state index contributed by atoms with van der Waals surface area (Å²) in [5, 5.41) is 9.62. The highest BCUT2D eigenvalue weighted by atomic mass is 32.1. The van der Waals surface area contributed by atoms with Gasteiger partial charge in [0, 0.05) is 55.1 Å². The molecule has 2 N–H and O–H groups in total.